The van der Waals surface area contributed by atoms with Gasteiger partial charge in [0.2, 0.25) is 0 Å². The molecule has 8 heteroatoms. The lowest BCUT2D eigenvalue weighted by atomic mass is 10.3. The first-order valence-electron chi connectivity index (χ1n) is 5.93. The van der Waals surface area contributed by atoms with Crippen molar-refractivity contribution in [1.82, 2.24) is 9.97 Å². The number of hydrogen-bond donors (Lipinski definition) is 1. The molecule has 21 heavy (non-hydrogen) atoms. The topological polar surface area (TPSA) is 54.9 Å². The highest BCUT2D eigenvalue weighted by molar-refractivity contribution is 9.10. The van der Waals surface area contributed by atoms with Crippen molar-refractivity contribution in [1.29, 1.82) is 0 Å². The number of aromatic nitrogens is 2. The minimum Gasteiger partial charge on any atom is -0.319 e. The van der Waals surface area contributed by atoms with Gasteiger partial charge in [-0.3, -0.25) is 4.79 Å². The van der Waals surface area contributed by atoms with Crippen LogP contribution in [0.15, 0.2) is 34.0 Å². The zero-order valence-corrected chi connectivity index (χ0v) is 14.8. The minimum absolute atomic E-state index is 0.256. The molecular weight excluding hydrogens is 397 g/mol. The van der Waals surface area contributed by atoms with Crippen LogP contribution in [-0.4, -0.2) is 21.6 Å². The van der Waals surface area contributed by atoms with Gasteiger partial charge in [-0.1, -0.05) is 41.9 Å². The second kappa shape index (κ2) is 7.45. The summed E-state index contributed by atoms with van der Waals surface area (Å²) >= 11 is 16.6. The number of halogens is 3. The summed E-state index contributed by atoms with van der Waals surface area (Å²) in [5, 5.41) is 4.12. The normalized spacial score (nSPS) is 10.5. The van der Waals surface area contributed by atoms with Gasteiger partial charge >= 0.3 is 0 Å². The smallest absolute Gasteiger partial charge is 0.275 e. The number of amides is 1. The molecule has 0 bridgehead atoms. The summed E-state index contributed by atoms with van der Waals surface area (Å²) in [7, 11) is 0. The van der Waals surface area contributed by atoms with Crippen molar-refractivity contribution in [3.63, 3.8) is 0 Å². The molecule has 4 nitrogen and oxygen atoms in total. The number of benzene rings is 1. The number of carbonyl (C=O) groups is 1. The molecule has 1 aromatic carbocycles. The van der Waals surface area contributed by atoms with E-state index >= 15 is 0 Å². The molecule has 0 unspecified atom stereocenters. The van der Waals surface area contributed by atoms with Crippen LogP contribution in [0.1, 0.15) is 17.4 Å². The summed E-state index contributed by atoms with van der Waals surface area (Å²) in [6.45, 7) is 1.99. The Kier molecular flexibility index (Phi) is 5.87. The number of carbonyl (C=O) groups excluding carboxylic acids is 1. The molecule has 2 rings (SSSR count). The van der Waals surface area contributed by atoms with E-state index < -0.39 is 0 Å². The molecule has 0 fully saturated rings. The summed E-state index contributed by atoms with van der Waals surface area (Å²) in [4.78, 5) is 20.7. The van der Waals surface area contributed by atoms with E-state index in [1.165, 1.54) is 11.8 Å². The SMILES string of the molecule is CCSc1ncc(Br)c(C(=O)Nc2ccc(Cl)cc2Cl)n1. The highest BCUT2D eigenvalue weighted by Gasteiger charge is 2.15. The van der Waals surface area contributed by atoms with Gasteiger partial charge in [0, 0.05) is 11.2 Å². The molecule has 0 atom stereocenters. The van der Waals surface area contributed by atoms with Gasteiger partial charge < -0.3 is 5.32 Å². The lowest BCUT2D eigenvalue weighted by molar-refractivity contribution is 0.102. The predicted octanol–water partition coefficient (Wildman–Crippen LogP) is 4.91. The lowest BCUT2D eigenvalue weighted by Gasteiger charge is -2.09. The molecule has 2 aromatic rings. The maximum Gasteiger partial charge on any atom is 0.275 e. The molecule has 110 valence electrons. The van der Waals surface area contributed by atoms with E-state index in [-0.39, 0.29) is 11.6 Å². The van der Waals surface area contributed by atoms with Crippen LogP contribution in [0, 0.1) is 0 Å². The Balaban J connectivity index is 2.25. The van der Waals surface area contributed by atoms with Crippen LogP contribution < -0.4 is 5.32 Å². The van der Waals surface area contributed by atoms with E-state index in [2.05, 4.69) is 31.2 Å². The third-order valence-electron chi connectivity index (χ3n) is 2.39. The maximum atomic E-state index is 12.3. The molecule has 0 aliphatic heterocycles. The van der Waals surface area contributed by atoms with E-state index in [0.29, 0.717) is 25.4 Å². The number of nitrogens with zero attached hydrogens (tertiary/aromatic N) is 2. The Morgan fingerprint density at radius 2 is 2.19 bits per heavy atom. The van der Waals surface area contributed by atoms with Crippen molar-refractivity contribution >= 4 is 62.5 Å². The summed E-state index contributed by atoms with van der Waals surface area (Å²) in [6.07, 6.45) is 1.56. The monoisotopic (exact) mass is 405 g/mol. The molecule has 1 aromatic heterocycles. The van der Waals surface area contributed by atoms with E-state index in [0.717, 1.165) is 5.75 Å². The zero-order valence-electron chi connectivity index (χ0n) is 10.9. The molecule has 1 amide bonds. The van der Waals surface area contributed by atoms with Crippen molar-refractivity contribution in [3.8, 4) is 0 Å². The molecule has 0 aliphatic carbocycles. The van der Waals surface area contributed by atoms with Crippen molar-refractivity contribution in [2.45, 2.75) is 12.1 Å². The molecule has 0 saturated heterocycles. The Morgan fingerprint density at radius 3 is 2.86 bits per heavy atom. The van der Waals surface area contributed by atoms with E-state index in [1.807, 2.05) is 6.92 Å². The van der Waals surface area contributed by atoms with E-state index in [1.54, 1.807) is 24.4 Å². The molecule has 1 N–H and O–H groups in total. The Bertz CT molecular complexity index is 684. The summed E-state index contributed by atoms with van der Waals surface area (Å²) in [5.41, 5.74) is 0.730. The van der Waals surface area contributed by atoms with Crippen molar-refractivity contribution in [3.05, 3.63) is 44.6 Å². The van der Waals surface area contributed by atoms with Crippen molar-refractivity contribution in [2.24, 2.45) is 0 Å². The van der Waals surface area contributed by atoms with Crippen molar-refractivity contribution in [2.75, 3.05) is 11.1 Å². The van der Waals surface area contributed by atoms with Crippen LogP contribution in [0.25, 0.3) is 0 Å². The Labute approximate surface area is 144 Å². The highest BCUT2D eigenvalue weighted by Crippen LogP contribution is 2.26. The van der Waals surface area contributed by atoms with Crippen LogP contribution in [0.5, 0.6) is 0 Å². The Morgan fingerprint density at radius 1 is 1.43 bits per heavy atom. The fourth-order valence-corrected chi connectivity index (χ4v) is 2.85. The largest absolute Gasteiger partial charge is 0.319 e. The summed E-state index contributed by atoms with van der Waals surface area (Å²) < 4.78 is 0.519. The number of hydrogen-bond acceptors (Lipinski definition) is 4. The van der Waals surface area contributed by atoms with Gasteiger partial charge in [-0.05, 0) is 39.9 Å². The molecule has 0 radical (unpaired) electrons. The second-order valence-electron chi connectivity index (χ2n) is 3.86. The third kappa shape index (κ3) is 4.32. The zero-order chi connectivity index (χ0) is 15.4. The average molecular weight is 407 g/mol. The standard InChI is InChI=1S/C13H10BrCl2N3OS/c1-2-21-13-17-6-8(14)11(19-13)12(20)18-10-4-3-7(15)5-9(10)16/h3-6H,2H2,1H3,(H,18,20). The van der Waals surface area contributed by atoms with E-state index in [9.17, 15) is 4.79 Å². The summed E-state index contributed by atoms with van der Waals surface area (Å²) in [6, 6.07) is 4.85. The van der Waals surface area contributed by atoms with Gasteiger partial charge in [0.15, 0.2) is 5.16 Å². The quantitative estimate of drug-likeness (QED) is 0.578. The van der Waals surface area contributed by atoms with Gasteiger partial charge in [0.05, 0.1) is 15.2 Å². The number of anilines is 1. The lowest BCUT2D eigenvalue weighted by Crippen LogP contribution is -2.15. The molecule has 0 aliphatic rings. The van der Waals surface area contributed by atoms with Crippen LogP contribution in [0.3, 0.4) is 0 Å². The van der Waals surface area contributed by atoms with Gasteiger partial charge in [0.25, 0.3) is 5.91 Å². The first-order valence-corrected chi connectivity index (χ1v) is 8.46. The van der Waals surface area contributed by atoms with Crippen LogP contribution >= 0.6 is 50.9 Å². The van der Waals surface area contributed by atoms with Gasteiger partial charge in [-0.25, -0.2) is 9.97 Å². The number of thioether (sulfide) groups is 1. The predicted molar refractivity (Wildman–Crippen MR) is 90.5 cm³/mol. The molecule has 0 spiro atoms. The third-order valence-corrected chi connectivity index (χ3v) is 4.26. The molecular formula is C13H10BrCl2N3OS. The molecule has 0 saturated carbocycles. The molecule has 1 heterocycles. The van der Waals surface area contributed by atoms with Crippen LogP contribution in [0.4, 0.5) is 5.69 Å². The average Bonchev–Trinajstić information content (AvgIpc) is 2.44. The summed E-state index contributed by atoms with van der Waals surface area (Å²) in [5.74, 6) is 0.456. The van der Waals surface area contributed by atoms with Gasteiger partial charge in [-0.2, -0.15) is 0 Å². The maximum absolute atomic E-state index is 12.3. The first-order chi connectivity index (χ1) is 10.0. The minimum atomic E-state index is -0.369. The fraction of sp³-hybridized carbons (Fsp3) is 0.154. The Hall–Kier alpha value is -0.820. The fourth-order valence-electron chi connectivity index (χ4n) is 1.48. The highest BCUT2D eigenvalue weighted by atomic mass is 79.9. The van der Waals surface area contributed by atoms with Crippen molar-refractivity contribution < 1.29 is 4.79 Å². The first kappa shape index (κ1) is 16.5. The van der Waals surface area contributed by atoms with Gasteiger partial charge in [0.1, 0.15) is 5.69 Å². The van der Waals surface area contributed by atoms with Crippen LogP contribution in [0.2, 0.25) is 10.0 Å². The van der Waals surface area contributed by atoms with Crippen LogP contribution in [-0.2, 0) is 0 Å². The number of nitrogens with one attached hydrogen (secondary N) is 1. The number of rotatable bonds is 4. The van der Waals surface area contributed by atoms with E-state index in [4.69, 9.17) is 23.2 Å². The second-order valence-corrected chi connectivity index (χ2v) is 6.79. The van der Waals surface area contributed by atoms with Gasteiger partial charge in [-0.15, -0.1) is 0 Å².